The van der Waals surface area contributed by atoms with E-state index in [9.17, 15) is 0 Å². The normalized spacial score (nSPS) is 10.6. The SMILES string of the molecule is N#C/N=C(\Oc1ccccc1)Oc1ccc(Cl)cc1. The Kier molecular flexibility index (Phi) is 4.38. The summed E-state index contributed by atoms with van der Waals surface area (Å²) in [7, 11) is 0. The van der Waals surface area contributed by atoms with Crippen molar-refractivity contribution in [1.82, 2.24) is 0 Å². The number of aliphatic imine (C=N–C) groups is 1. The lowest BCUT2D eigenvalue weighted by Gasteiger charge is -2.08. The molecule has 0 unspecified atom stereocenters. The molecule has 19 heavy (non-hydrogen) atoms. The minimum Gasteiger partial charge on any atom is -0.410 e. The van der Waals surface area contributed by atoms with Crippen molar-refractivity contribution in [2.24, 2.45) is 4.99 Å². The highest BCUT2D eigenvalue weighted by Gasteiger charge is 2.06. The molecule has 2 rings (SSSR count). The third-order valence-corrected chi connectivity index (χ3v) is 2.36. The first kappa shape index (κ1) is 12.9. The van der Waals surface area contributed by atoms with Crippen LogP contribution in [0.1, 0.15) is 0 Å². The van der Waals surface area contributed by atoms with Crippen LogP contribution in [0.15, 0.2) is 59.6 Å². The molecule has 0 aliphatic heterocycles. The maximum atomic E-state index is 8.62. The Morgan fingerprint density at radius 1 is 0.947 bits per heavy atom. The molecule has 2 aromatic carbocycles. The molecule has 0 bridgehead atoms. The maximum absolute atomic E-state index is 8.62. The van der Waals surface area contributed by atoms with Crippen LogP contribution < -0.4 is 9.47 Å². The molecule has 0 aliphatic rings. The van der Waals surface area contributed by atoms with E-state index in [1.165, 1.54) is 0 Å². The van der Waals surface area contributed by atoms with Crippen molar-refractivity contribution in [3.05, 3.63) is 59.6 Å². The summed E-state index contributed by atoms with van der Waals surface area (Å²) >= 11 is 5.77. The third kappa shape index (κ3) is 4.02. The summed E-state index contributed by atoms with van der Waals surface area (Å²) in [5.41, 5.74) is 0. The van der Waals surface area contributed by atoms with E-state index >= 15 is 0 Å². The van der Waals surface area contributed by atoms with E-state index in [1.807, 2.05) is 18.2 Å². The molecule has 0 fully saturated rings. The number of hydrogen-bond acceptors (Lipinski definition) is 4. The van der Waals surface area contributed by atoms with Gasteiger partial charge in [0.1, 0.15) is 11.5 Å². The van der Waals surface area contributed by atoms with Gasteiger partial charge < -0.3 is 9.47 Å². The van der Waals surface area contributed by atoms with Gasteiger partial charge in [-0.05, 0) is 36.4 Å². The fourth-order valence-corrected chi connectivity index (χ4v) is 1.43. The van der Waals surface area contributed by atoms with E-state index < -0.39 is 0 Å². The topological polar surface area (TPSA) is 54.6 Å². The Morgan fingerprint density at radius 3 is 2.11 bits per heavy atom. The van der Waals surface area contributed by atoms with E-state index in [1.54, 1.807) is 42.6 Å². The number of nitrogens with zero attached hydrogens (tertiary/aromatic N) is 2. The Morgan fingerprint density at radius 2 is 1.53 bits per heavy atom. The summed E-state index contributed by atoms with van der Waals surface area (Å²) in [6.45, 7) is 0. The minimum atomic E-state index is -0.143. The first-order valence-electron chi connectivity index (χ1n) is 5.41. The highest BCUT2D eigenvalue weighted by Crippen LogP contribution is 2.17. The summed E-state index contributed by atoms with van der Waals surface area (Å²) in [5.74, 6) is 1.01. The number of halogens is 1. The Labute approximate surface area is 115 Å². The molecular formula is C14H9ClN2O2. The Hall–Kier alpha value is -2.51. The number of benzene rings is 2. The lowest BCUT2D eigenvalue weighted by atomic mass is 10.3. The van der Waals surface area contributed by atoms with Gasteiger partial charge in [0.25, 0.3) is 0 Å². The van der Waals surface area contributed by atoms with E-state index in [-0.39, 0.29) is 6.08 Å². The van der Waals surface area contributed by atoms with Crippen LogP contribution in [0.4, 0.5) is 0 Å². The molecule has 0 amide bonds. The summed E-state index contributed by atoms with van der Waals surface area (Å²) in [4.78, 5) is 3.48. The van der Waals surface area contributed by atoms with Crippen LogP contribution in [0.25, 0.3) is 0 Å². The molecule has 4 nitrogen and oxygen atoms in total. The molecule has 0 saturated heterocycles. The molecule has 0 saturated carbocycles. The standard InChI is InChI=1S/C14H9ClN2O2/c15-11-6-8-13(9-7-11)19-14(17-10-16)18-12-4-2-1-3-5-12/h1-9H/b17-14+. The van der Waals surface area contributed by atoms with Gasteiger partial charge in [0, 0.05) is 5.02 Å². The lowest BCUT2D eigenvalue weighted by Crippen LogP contribution is -2.16. The molecule has 0 aromatic heterocycles. The van der Waals surface area contributed by atoms with Gasteiger partial charge in [-0.1, -0.05) is 34.8 Å². The van der Waals surface area contributed by atoms with Crippen molar-refractivity contribution in [1.29, 1.82) is 5.26 Å². The smallest absolute Gasteiger partial charge is 0.410 e. The molecule has 0 radical (unpaired) electrons. The third-order valence-electron chi connectivity index (χ3n) is 2.11. The number of rotatable bonds is 2. The number of ether oxygens (including phenoxy) is 2. The first-order chi connectivity index (χ1) is 9.28. The van der Waals surface area contributed by atoms with Crippen molar-refractivity contribution in [2.45, 2.75) is 0 Å². The lowest BCUT2D eigenvalue weighted by molar-refractivity contribution is 0.386. The second-order valence-electron chi connectivity index (χ2n) is 3.45. The highest BCUT2D eigenvalue weighted by atomic mass is 35.5. The van der Waals surface area contributed by atoms with Gasteiger partial charge in [-0.15, -0.1) is 0 Å². The number of para-hydroxylation sites is 1. The van der Waals surface area contributed by atoms with Crippen molar-refractivity contribution in [3.63, 3.8) is 0 Å². The van der Waals surface area contributed by atoms with Crippen LogP contribution in [-0.2, 0) is 0 Å². The van der Waals surface area contributed by atoms with Crippen LogP contribution in [0.5, 0.6) is 11.5 Å². The zero-order valence-electron chi connectivity index (χ0n) is 9.79. The van der Waals surface area contributed by atoms with Gasteiger partial charge in [-0.2, -0.15) is 5.26 Å². The molecule has 0 spiro atoms. The summed E-state index contributed by atoms with van der Waals surface area (Å²) in [5, 5.41) is 9.21. The van der Waals surface area contributed by atoms with Crippen molar-refractivity contribution in [2.75, 3.05) is 0 Å². The van der Waals surface area contributed by atoms with E-state index in [2.05, 4.69) is 4.99 Å². The molecule has 0 aliphatic carbocycles. The van der Waals surface area contributed by atoms with Crippen molar-refractivity contribution in [3.8, 4) is 17.7 Å². The molecule has 94 valence electrons. The zero-order valence-corrected chi connectivity index (χ0v) is 10.5. The average Bonchev–Trinajstić information content (AvgIpc) is 2.43. The van der Waals surface area contributed by atoms with E-state index in [4.69, 9.17) is 26.3 Å². The largest absolute Gasteiger partial charge is 0.410 e. The van der Waals surface area contributed by atoms with Gasteiger partial charge in [-0.25, -0.2) is 0 Å². The minimum absolute atomic E-state index is 0.143. The van der Waals surface area contributed by atoms with Crippen molar-refractivity contribution < 1.29 is 9.47 Å². The maximum Gasteiger partial charge on any atom is 0.410 e. The van der Waals surface area contributed by atoms with Crippen LogP contribution in [0, 0.1) is 11.5 Å². The zero-order chi connectivity index (χ0) is 13.5. The number of nitriles is 1. The van der Waals surface area contributed by atoms with Crippen LogP contribution in [-0.4, -0.2) is 6.08 Å². The van der Waals surface area contributed by atoms with Gasteiger partial charge >= 0.3 is 6.08 Å². The van der Waals surface area contributed by atoms with Crippen LogP contribution in [0.2, 0.25) is 5.02 Å². The van der Waals surface area contributed by atoms with Gasteiger partial charge in [0.2, 0.25) is 6.19 Å². The average molecular weight is 273 g/mol. The second kappa shape index (κ2) is 6.43. The van der Waals surface area contributed by atoms with Gasteiger partial charge in [0.15, 0.2) is 0 Å². The quantitative estimate of drug-likeness (QED) is 0.476. The van der Waals surface area contributed by atoms with E-state index in [0.717, 1.165) is 0 Å². The molecule has 2 aromatic rings. The van der Waals surface area contributed by atoms with Crippen LogP contribution in [0.3, 0.4) is 0 Å². The second-order valence-corrected chi connectivity index (χ2v) is 3.89. The van der Waals surface area contributed by atoms with E-state index in [0.29, 0.717) is 16.5 Å². The number of hydrogen-bond donors (Lipinski definition) is 0. The first-order valence-corrected chi connectivity index (χ1v) is 5.79. The molecule has 0 heterocycles. The van der Waals surface area contributed by atoms with Gasteiger partial charge in [-0.3, -0.25) is 0 Å². The summed E-state index contributed by atoms with van der Waals surface area (Å²) in [6.07, 6.45) is 1.49. The molecule has 0 atom stereocenters. The Bertz CT molecular complexity index is 604. The van der Waals surface area contributed by atoms with Crippen molar-refractivity contribution >= 4 is 17.7 Å². The predicted molar refractivity (Wildman–Crippen MR) is 72.2 cm³/mol. The predicted octanol–water partition coefficient (Wildman–Crippen LogP) is 3.63. The summed E-state index contributed by atoms with van der Waals surface area (Å²) in [6, 6.07) is 15.6. The fraction of sp³-hybridized carbons (Fsp3) is 0. The van der Waals surface area contributed by atoms with Gasteiger partial charge in [0.05, 0.1) is 0 Å². The molecule has 5 heteroatoms. The van der Waals surface area contributed by atoms with Crippen LogP contribution >= 0.6 is 11.6 Å². The highest BCUT2D eigenvalue weighted by molar-refractivity contribution is 6.30. The summed E-state index contributed by atoms with van der Waals surface area (Å²) < 4.78 is 10.7. The molecule has 0 N–H and O–H groups in total. The molecular weight excluding hydrogens is 264 g/mol. The Balaban J connectivity index is 2.11. The fourth-order valence-electron chi connectivity index (χ4n) is 1.30. The monoisotopic (exact) mass is 272 g/mol.